The lowest BCUT2D eigenvalue weighted by atomic mass is 10.0. The highest BCUT2D eigenvalue weighted by Gasteiger charge is 2.14. The van der Waals surface area contributed by atoms with Crippen LogP contribution in [-0.4, -0.2) is 32.3 Å². The van der Waals surface area contributed by atoms with Crippen LogP contribution in [-0.2, 0) is 20.7 Å². The van der Waals surface area contributed by atoms with Gasteiger partial charge in [-0.1, -0.05) is 18.2 Å². The van der Waals surface area contributed by atoms with E-state index in [1.165, 1.54) is 7.11 Å². The zero-order chi connectivity index (χ0) is 21.5. The fourth-order valence-corrected chi connectivity index (χ4v) is 3.04. The van der Waals surface area contributed by atoms with Gasteiger partial charge in [0.15, 0.2) is 0 Å². The van der Waals surface area contributed by atoms with E-state index in [4.69, 9.17) is 18.6 Å². The van der Waals surface area contributed by atoms with Crippen LogP contribution in [0.3, 0.4) is 0 Å². The number of fused-ring (bicyclic) bond motifs is 1. The van der Waals surface area contributed by atoms with Crippen molar-refractivity contribution in [1.82, 2.24) is 0 Å². The van der Waals surface area contributed by atoms with Gasteiger partial charge in [-0.3, -0.25) is 4.79 Å². The number of carbonyl (C=O) groups excluding carboxylic acids is 2. The molecular formula is C23H22O7. The number of methoxy groups -OCH3 is 1. The molecule has 7 nitrogen and oxygen atoms in total. The Morgan fingerprint density at radius 2 is 1.73 bits per heavy atom. The molecule has 0 amide bonds. The first-order valence-electron chi connectivity index (χ1n) is 9.47. The lowest BCUT2D eigenvalue weighted by molar-refractivity contribution is -0.144. The highest BCUT2D eigenvalue weighted by molar-refractivity contribution is 5.89. The Labute approximate surface area is 173 Å². The third-order valence-electron chi connectivity index (χ3n) is 4.66. The van der Waals surface area contributed by atoms with Crippen LogP contribution in [0.1, 0.15) is 27.9 Å². The highest BCUT2D eigenvalue weighted by atomic mass is 16.6. The van der Waals surface area contributed by atoms with Crippen molar-refractivity contribution >= 4 is 22.9 Å². The quantitative estimate of drug-likeness (QED) is 0.319. The third-order valence-corrected chi connectivity index (χ3v) is 4.66. The molecule has 0 unspecified atom stereocenters. The van der Waals surface area contributed by atoms with Gasteiger partial charge in [0, 0.05) is 23.4 Å². The molecule has 156 valence electrons. The van der Waals surface area contributed by atoms with Gasteiger partial charge in [0.05, 0.1) is 12.7 Å². The maximum atomic E-state index is 12.3. The van der Waals surface area contributed by atoms with E-state index < -0.39 is 17.6 Å². The lowest BCUT2D eigenvalue weighted by Gasteiger charge is -2.09. The molecular weight excluding hydrogens is 388 g/mol. The summed E-state index contributed by atoms with van der Waals surface area (Å²) in [6.45, 7) is 1.72. The SMILES string of the molecule is COc1ccc2c(C)c(CCC(=O)OCCOC(=O)c3ccccc3)c(=O)oc2c1. The topological polar surface area (TPSA) is 92.0 Å². The first-order chi connectivity index (χ1) is 14.5. The van der Waals surface area contributed by atoms with E-state index in [9.17, 15) is 14.4 Å². The lowest BCUT2D eigenvalue weighted by Crippen LogP contribution is -2.16. The van der Waals surface area contributed by atoms with E-state index in [-0.39, 0.29) is 26.1 Å². The first-order valence-corrected chi connectivity index (χ1v) is 9.47. The second-order valence-electron chi connectivity index (χ2n) is 6.58. The van der Waals surface area contributed by atoms with Crippen LogP contribution in [0, 0.1) is 6.92 Å². The molecule has 0 fully saturated rings. The van der Waals surface area contributed by atoms with E-state index in [0.29, 0.717) is 22.5 Å². The molecule has 0 spiro atoms. The Hall–Kier alpha value is -3.61. The Kier molecular flexibility index (Phi) is 6.85. The van der Waals surface area contributed by atoms with Gasteiger partial charge in [0.2, 0.25) is 0 Å². The summed E-state index contributed by atoms with van der Waals surface area (Å²) in [5.41, 5.74) is 1.56. The number of carbonyl (C=O) groups is 2. The van der Waals surface area contributed by atoms with Crippen molar-refractivity contribution in [3.63, 3.8) is 0 Å². The molecule has 1 aromatic heterocycles. The molecule has 0 saturated carbocycles. The molecule has 2 aromatic carbocycles. The van der Waals surface area contributed by atoms with Crippen LogP contribution >= 0.6 is 0 Å². The number of rotatable bonds is 8. The first kappa shape index (κ1) is 21.1. The van der Waals surface area contributed by atoms with E-state index in [2.05, 4.69) is 0 Å². The summed E-state index contributed by atoms with van der Waals surface area (Å²) in [7, 11) is 1.54. The van der Waals surface area contributed by atoms with Gasteiger partial charge in [-0.15, -0.1) is 0 Å². The number of hydrogen-bond donors (Lipinski definition) is 0. The van der Waals surface area contributed by atoms with E-state index in [1.54, 1.807) is 42.5 Å². The summed E-state index contributed by atoms with van der Waals surface area (Å²) in [4.78, 5) is 36.1. The summed E-state index contributed by atoms with van der Waals surface area (Å²) < 4.78 is 20.7. The predicted molar refractivity (Wildman–Crippen MR) is 110 cm³/mol. The summed E-state index contributed by atoms with van der Waals surface area (Å²) in [5, 5.41) is 0.784. The molecule has 0 radical (unpaired) electrons. The molecule has 0 aliphatic carbocycles. The standard InChI is InChI=1S/C23H22O7/c1-15-18-9-8-17(27-2)14-20(18)30-23(26)19(15)10-11-21(24)28-12-13-29-22(25)16-6-4-3-5-7-16/h3-9,14H,10-13H2,1-2H3. The van der Waals surface area contributed by atoms with Crippen molar-refractivity contribution < 1.29 is 28.2 Å². The zero-order valence-electron chi connectivity index (χ0n) is 16.8. The number of hydrogen-bond acceptors (Lipinski definition) is 7. The minimum absolute atomic E-state index is 0.0138. The van der Waals surface area contributed by atoms with Crippen molar-refractivity contribution in [2.75, 3.05) is 20.3 Å². The summed E-state index contributed by atoms with van der Waals surface area (Å²) in [6, 6.07) is 13.8. The zero-order valence-corrected chi connectivity index (χ0v) is 16.8. The molecule has 7 heteroatoms. The van der Waals surface area contributed by atoms with E-state index in [0.717, 1.165) is 10.9 Å². The van der Waals surface area contributed by atoms with Crippen molar-refractivity contribution in [2.24, 2.45) is 0 Å². The molecule has 0 aliphatic heterocycles. The van der Waals surface area contributed by atoms with E-state index in [1.807, 2.05) is 13.0 Å². The fourth-order valence-electron chi connectivity index (χ4n) is 3.04. The number of ether oxygens (including phenoxy) is 3. The number of esters is 2. The van der Waals surface area contributed by atoms with Crippen molar-refractivity contribution in [2.45, 2.75) is 19.8 Å². The minimum Gasteiger partial charge on any atom is -0.497 e. The average Bonchev–Trinajstić information content (AvgIpc) is 2.76. The van der Waals surface area contributed by atoms with E-state index >= 15 is 0 Å². The van der Waals surface area contributed by atoms with Crippen LogP contribution in [0.5, 0.6) is 5.75 Å². The van der Waals surface area contributed by atoms with Crippen LogP contribution in [0.2, 0.25) is 0 Å². The number of benzene rings is 2. The predicted octanol–water partition coefficient (Wildman–Crippen LogP) is 3.44. The Balaban J connectivity index is 1.51. The number of aryl methyl sites for hydroxylation is 1. The normalized spacial score (nSPS) is 10.6. The average molecular weight is 410 g/mol. The van der Waals surface area contributed by atoms with Crippen LogP contribution in [0.4, 0.5) is 0 Å². The van der Waals surface area contributed by atoms with Gasteiger partial charge in [-0.2, -0.15) is 0 Å². The summed E-state index contributed by atoms with van der Waals surface area (Å²) in [5.74, 6) is -0.374. The van der Waals surface area contributed by atoms with Gasteiger partial charge < -0.3 is 18.6 Å². The Bertz CT molecular complexity index is 1100. The second kappa shape index (κ2) is 9.73. The van der Waals surface area contributed by atoms with Crippen LogP contribution < -0.4 is 10.4 Å². The molecule has 0 atom stereocenters. The Morgan fingerprint density at radius 1 is 1.00 bits per heavy atom. The molecule has 30 heavy (non-hydrogen) atoms. The molecule has 0 aliphatic rings. The monoisotopic (exact) mass is 410 g/mol. The largest absolute Gasteiger partial charge is 0.497 e. The highest BCUT2D eigenvalue weighted by Crippen LogP contribution is 2.24. The van der Waals surface area contributed by atoms with Gasteiger partial charge in [0.25, 0.3) is 0 Å². The maximum Gasteiger partial charge on any atom is 0.339 e. The Morgan fingerprint density at radius 3 is 2.47 bits per heavy atom. The molecule has 3 rings (SSSR count). The molecule has 0 N–H and O–H groups in total. The fraction of sp³-hybridized carbons (Fsp3) is 0.261. The summed E-state index contributed by atoms with van der Waals surface area (Å²) in [6.07, 6.45) is 0.207. The van der Waals surface area contributed by atoms with Crippen LogP contribution in [0.25, 0.3) is 11.0 Å². The minimum atomic E-state index is -0.488. The van der Waals surface area contributed by atoms with Crippen molar-refractivity contribution in [3.8, 4) is 5.75 Å². The van der Waals surface area contributed by atoms with Gasteiger partial charge >= 0.3 is 17.6 Å². The van der Waals surface area contributed by atoms with Crippen molar-refractivity contribution in [3.05, 3.63) is 75.6 Å². The van der Waals surface area contributed by atoms with Crippen LogP contribution in [0.15, 0.2) is 57.7 Å². The maximum absolute atomic E-state index is 12.3. The van der Waals surface area contributed by atoms with Crippen molar-refractivity contribution in [1.29, 1.82) is 0 Å². The molecule has 3 aromatic rings. The summed E-state index contributed by atoms with van der Waals surface area (Å²) >= 11 is 0. The molecule has 0 saturated heterocycles. The third kappa shape index (κ3) is 5.05. The molecule has 0 bridgehead atoms. The van der Waals surface area contributed by atoms with Gasteiger partial charge in [-0.25, -0.2) is 9.59 Å². The smallest absolute Gasteiger partial charge is 0.339 e. The van der Waals surface area contributed by atoms with Gasteiger partial charge in [0.1, 0.15) is 24.5 Å². The second-order valence-corrected chi connectivity index (χ2v) is 6.58. The molecule has 1 heterocycles. The van der Waals surface area contributed by atoms with Gasteiger partial charge in [-0.05, 0) is 43.2 Å².